The molecule has 0 aromatic carbocycles. The van der Waals surface area contributed by atoms with Crippen LogP contribution in [-0.4, -0.2) is 47.8 Å². The number of aliphatic hydroxyl groups is 1. The summed E-state index contributed by atoms with van der Waals surface area (Å²) in [6, 6.07) is -0.892. The second kappa shape index (κ2) is 33.1. The second-order valence-corrected chi connectivity index (χ2v) is 13.1. The van der Waals surface area contributed by atoms with Gasteiger partial charge in [-0.25, -0.2) is 4.57 Å². The van der Waals surface area contributed by atoms with Crippen molar-refractivity contribution in [1.82, 2.24) is 5.32 Å². The number of nitrogens with two attached hydrogens (primary N) is 1. The smallest absolute Gasteiger partial charge is 0.387 e. The summed E-state index contributed by atoms with van der Waals surface area (Å²) >= 11 is 0. The van der Waals surface area contributed by atoms with E-state index >= 15 is 0 Å². The average Bonchev–Trinajstić information content (AvgIpc) is 3.04. The number of phosphoric acid groups is 1. The van der Waals surface area contributed by atoms with Crippen molar-refractivity contribution in [3.05, 3.63) is 60.8 Å². The monoisotopic (exact) mass is 666 g/mol. The first-order valence-electron chi connectivity index (χ1n) is 17.9. The zero-order valence-electron chi connectivity index (χ0n) is 29.0. The maximum Gasteiger partial charge on any atom is 0.472 e. The summed E-state index contributed by atoms with van der Waals surface area (Å²) in [6.07, 6.45) is 39.8. The van der Waals surface area contributed by atoms with E-state index in [1.165, 1.54) is 51.4 Å². The summed E-state index contributed by atoms with van der Waals surface area (Å²) in [7, 11) is -4.35. The van der Waals surface area contributed by atoms with Crippen LogP contribution < -0.4 is 11.1 Å². The van der Waals surface area contributed by atoms with Crippen LogP contribution >= 0.6 is 7.82 Å². The molecule has 5 N–H and O–H groups in total. The van der Waals surface area contributed by atoms with E-state index in [0.717, 1.165) is 57.8 Å². The molecule has 0 fully saturated rings. The van der Waals surface area contributed by atoms with Crippen LogP contribution in [0.3, 0.4) is 0 Å². The Morgan fingerprint density at radius 2 is 1.28 bits per heavy atom. The number of carbonyl (C=O) groups is 1. The maximum absolute atomic E-state index is 12.6. The third kappa shape index (κ3) is 30.8. The molecule has 0 saturated heterocycles. The van der Waals surface area contributed by atoms with Gasteiger partial charge in [0.15, 0.2) is 0 Å². The Balaban J connectivity index is 4.49. The molecular weight excluding hydrogens is 599 g/mol. The molecule has 0 saturated carbocycles. The highest BCUT2D eigenvalue weighted by atomic mass is 31.2. The van der Waals surface area contributed by atoms with Gasteiger partial charge in [-0.3, -0.25) is 13.8 Å². The van der Waals surface area contributed by atoms with Crippen LogP contribution in [0.1, 0.15) is 136 Å². The van der Waals surface area contributed by atoms with E-state index in [1.807, 2.05) is 6.08 Å². The van der Waals surface area contributed by atoms with Gasteiger partial charge >= 0.3 is 7.82 Å². The van der Waals surface area contributed by atoms with Crippen LogP contribution in [0.2, 0.25) is 0 Å². The van der Waals surface area contributed by atoms with E-state index in [0.29, 0.717) is 12.8 Å². The number of unbranched alkanes of at least 4 members (excludes halogenated alkanes) is 12. The fourth-order valence-electron chi connectivity index (χ4n) is 4.63. The third-order valence-corrected chi connectivity index (χ3v) is 8.31. The summed E-state index contributed by atoms with van der Waals surface area (Å²) in [6.45, 7) is 3.93. The molecular formula is C37H67N2O6P. The van der Waals surface area contributed by atoms with Gasteiger partial charge in [0.2, 0.25) is 5.91 Å². The highest BCUT2D eigenvalue weighted by Crippen LogP contribution is 2.43. The Hall–Kier alpha value is -1.80. The van der Waals surface area contributed by atoms with Gasteiger partial charge in [-0.2, -0.15) is 0 Å². The first-order valence-corrected chi connectivity index (χ1v) is 19.4. The fourth-order valence-corrected chi connectivity index (χ4v) is 5.39. The van der Waals surface area contributed by atoms with Gasteiger partial charge < -0.3 is 21.1 Å². The highest BCUT2D eigenvalue weighted by Gasteiger charge is 2.26. The number of carbonyl (C=O) groups excluding carboxylic acids is 1. The molecule has 0 heterocycles. The number of hydrogen-bond acceptors (Lipinski definition) is 6. The summed E-state index contributed by atoms with van der Waals surface area (Å²) in [4.78, 5) is 22.5. The first kappa shape index (κ1) is 44.2. The van der Waals surface area contributed by atoms with Gasteiger partial charge in [0, 0.05) is 13.0 Å². The zero-order chi connectivity index (χ0) is 34.0. The van der Waals surface area contributed by atoms with Gasteiger partial charge in [-0.15, -0.1) is 0 Å². The molecule has 0 spiro atoms. The predicted molar refractivity (Wildman–Crippen MR) is 193 cm³/mol. The molecule has 0 rings (SSSR count). The largest absolute Gasteiger partial charge is 0.472 e. The highest BCUT2D eigenvalue weighted by molar-refractivity contribution is 7.47. The molecule has 0 aliphatic rings. The maximum atomic E-state index is 12.6. The van der Waals surface area contributed by atoms with E-state index in [4.69, 9.17) is 14.8 Å². The SMILES string of the molecule is CC/C=C\C/C=C\C/C=C\CCCCCC(=O)NC(COP(=O)(O)OCCN)C(O)/C=C/CC/C=C/CCCCCCCCCC. The third-order valence-electron chi connectivity index (χ3n) is 7.33. The van der Waals surface area contributed by atoms with Crippen LogP contribution in [0.4, 0.5) is 0 Å². The molecule has 46 heavy (non-hydrogen) atoms. The Labute approximate surface area is 281 Å². The Morgan fingerprint density at radius 1 is 0.739 bits per heavy atom. The summed E-state index contributed by atoms with van der Waals surface area (Å²) < 4.78 is 22.0. The van der Waals surface area contributed by atoms with E-state index in [2.05, 4.69) is 67.8 Å². The number of hydrogen-bond donors (Lipinski definition) is 4. The van der Waals surface area contributed by atoms with Crippen molar-refractivity contribution < 1.29 is 28.4 Å². The molecule has 0 aliphatic heterocycles. The number of amides is 1. The number of phosphoric ester groups is 1. The topological polar surface area (TPSA) is 131 Å². The lowest BCUT2D eigenvalue weighted by Gasteiger charge is -2.23. The van der Waals surface area contributed by atoms with Crippen molar-refractivity contribution in [1.29, 1.82) is 0 Å². The van der Waals surface area contributed by atoms with E-state index < -0.39 is 20.0 Å². The summed E-state index contributed by atoms with van der Waals surface area (Å²) in [5, 5.41) is 13.5. The molecule has 266 valence electrons. The van der Waals surface area contributed by atoms with Crippen LogP contribution in [-0.2, 0) is 18.4 Å². The van der Waals surface area contributed by atoms with Gasteiger partial charge in [0.05, 0.1) is 25.4 Å². The van der Waals surface area contributed by atoms with Gasteiger partial charge in [-0.05, 0) is 64.2 Å². The van der Waals surface area contributed by atoms with Crippen LogP contribution in [0.15, 0.2) is 60.8 Å². The Morgan fingerprint density at radius 3 is 1.93 bits per heavy atom. The molecule has 0 radical (unpaired) electrons. The van der Waals surface area contributed by atoms with Crippen LogP contribution in [0.25, 0.3) is 0 Å². The van der Waals surface area contributed by atoms with Crippen LogP contribution in [0, 0.1) is 0 Å². The lowest BCUT2D eigenvalue weighted by molar-refractivity contribution is -0.123. The normalized spacial score (nSPS) is 15.2. The molecule has 0 aromatic heterocycles. The van der Waals surface area contributed by atoms with E-state index in [9.17, 15) is 19.4 Å². The molecule has 1 amide bonds. The van der Waals surface area contributed by atoms with Crippen molar-refractivity contribution >= 4 is 13.7 Å². The molecule has 9 heteroatoms. The fraction of sp³-hybridized carbons (Fsp3) is 0.703. The standard InChI is InChI=1S/C37H67N2O6P/c1-3-5-7-9-11-13-15-17-19-20-22-24-26-28-30-36(40)35(34-45-46(42,43)44-33-32-38)39-37(41)31-29-27-25-23-21-18-16-14-12-10-8-6-4-2/h6,8,12,14,18,20-22,28,30,35-36,40H,3-5,7,9-11,13,15-17,19,23-27,29,31-34,38H2,1-2H3,(H,39,41)(H,42,43)/b8-6-,14-12-,21-18-,22-20+,30-28+. The van der Waals surface area contributed by atoms with Crippen molar-refractivity contribution in [3.8, 4) is 0 Å². The quantitative estimate of drug-likeness (QED) is 0.0320. The summed E-state index contributed by atoms with van der Waals surface area (Å²) in [5.41, 5.74) is 5.34. The first-order chi connectivity index (χ1) is 22.4. The number of allylic oxidation sites excluding steroid dienone is 9. The Bertz CT molecular complexity index is 902. The van der Waals surface area contributed by atoms with E-state index in [1.54, 1.807) is 6.08 Å². The number of aliphatic hydroxyl groups excluding tert-OH is 1. The zero-order valence-corrected chi connectivity index (χ0v) is 29.9. The molecule has 0 aromatic rings. The van der Waals surface area contributed by atoms with Gasteiger partial charge in [0.1, 0.15) is 0 Å². The molecule has 0 bridgehead atoms. The summed E-state index contributed by atoms with van der Waals surface area (Å²) in [5.74, 6) is -0.238. The molecule has 3 atom stereocenters. The van der Waals surface area contributed by atoms with Crippen LogP contribution in [0.5, 0.6) is 0 Å². The number of rotatable bonds is 32. The van der Waals surface area contributed by atoms with Crippen molar-refractivity contribution in [2.45, 2.75) is 148 Å². The lowest BCUT2D eigenvalue weighted by Crippen LogP contribution is -2.45. The van der Waals surface area contributed by atoms with Gasteiger partial charge in [0.25, 0.3) is 0 Å². The van der Waals surface area contributed by atoms with Gasteiger partial charge in [-0.1, -0.05) is 126 Å². The minimum Gasteiger partial charge on any atom is -0.387 e. The minimum absolute atomic E-state index is 0.0663. The lowest BCUT2D eigenvalue weighted by atomic mass is 10.1. The molecule has 0 aliphatic carbocycles. The minimum atomic E-state index is -4.35. The van der Waals surface area contributed by atoms with Crippen molar-refractivity contribution in [2.75, 3.05) is 19.8 Å². The van der Waals surface area contributed by atoms with Crippen molar-refractivity contribution in [3.63, 3.8) is 0 Å². The molecule has 3 unspecified atom stereocenters. The molecule has 8 nitrogen and oxygen atoms in total. The second-order valence-electron chi connectivity index (χ2n) is 11.7. The number of nitrogens with one attached hydrogen (secondary N) is 1. The van der Waals surface area contributed by atoms with Crippen molar-refractivity contribution in [2.24, 2.45) is 5.73 Å². The van der Waals surface area contributed by atoms with E-state index in [-0.39, 0.29) is 25.7 Å². The predicted octanol–water partition coefficient (Wildman–Crippen LogP) is 9.16. The Kier molecular flexibility index (Phi) is 31.8. The average molecular weight is 667 g/mol.